The highest BCUT2D eigenvalue weighted by atomic mass is 79.9. The number of amides is 2. The maximum absolute atomic E-state index is 13.6. The molecule has 0 aromatic heterocycles. The van der Waals surface area contributed by atoms with E-state index < -0.39 is 28.5 Å². The number of hydrogen-bond donors (Lipinski definition) is 1. The Labute approximate surface area is 211 Å². The van der Waals surface area contributed by atoms with Gasteiger partial charge in [-0.3, -0.25) is 13.9 Å². The van der Waals surface area contributed by atoms with Crippen molar-refractivity contribution in [3.8, 4) is 0 Å². The van der Waals surface area contributed by atoms with Crippen molar-refractivity contribution < 1.29 is 18.0 Å². The van der Waals surface area contributed by atoms with Crippen molar-refractivity contribution in [1.29, 1.82) is 0 Å². The van der Waals surface area contributed by atoms with E-state index in [1.165, 1.54) is 4.90 Å². The van der Waals surface area contributed by atoms with Gasteiger partial charge in [0.2, 0.25) is 21.8 Å². The summed E-state index contributed by atoms with van der Waals surface area (Å²) in [6.07, 6.45) is 2.87. The number of sulfonamides is 1. The van der Waals surface area contributed by atoms with Crippen LogP contribution in [0.5, 0.6) is 0 Å². The Morgan fingerprint density at radius 1 is 1.09 bits per heavy atom. The number of nitrogens with one attached hydrogen (secondary N) is 1. The first-order valence-electron chi connectivity index (χ1n) is 11.3. The molecule has 0 saturated carbocycles. The summed E-state index contributed by atoms with van der Waals surface area (Å²) in [4.78, 5) is 27.9. The molecule has 0 heterocycles. The second kappa shape index (κ2) is 12.4. The number of nitrogens with zero attached hydrogens (tertiary/aromatic N) is 2. The van der Waals surface area contributed by atoms with Crippen molar-refractivity contribution in [3.05, 3.63) is 63.6 Å². The average Bonchev–Trinajstić information content (AvgIpc) is 2.75. The molecule has 0 aliphatic rings. The number of aryl methyl sites for hydroxylation is 2. The van der Waals surface area contributed by atoms with Crippen molar-refractivity contribution in [2.75, 3.05) is 23.7 Å². The largest absolute Gasteiger partial charge is 0.354 e. The first-order valence-corrected chi connectivity index (χ1v) is 13.9. The van der Waals surface area contributed by atoms with Gasteiger partial charge in [0.15, 0.2) is 0 Å². The van der Waals surface area contributed by atoms with E-state index in [-0.39, 0.29) is 12.5 Å². The minimum absolute atomic E-state index is 0.172. The second-order valence-corrected chi connectivity index (χ2v) is 11.3. The van der Waals surface area contributed by atoms with Crippen LogP contribution in [-0.2, 0) is 26.2 Å². The third-order valence-electron chi connectivity index (χ3n) is 5.61. The van der Waals surface area contributed by atoms with Gasteiger partial charge in [0, 0.05) is 17.6 Å². The van der Waals surface area contributed by atoms with Crippen LogP contribution in [0.25, 0.3) is 0 Å². The third kappa shape index (κ3) is 7.56. The molecule has 9 heteroatoms. The van der Waals surface area contributed by atoms with Gasteiger partial charge in [-0.25, -0.2) is 8.42 Å². The van der Waals surface area contributed by atoms with Crippen molar-refractivity contribution in [2.45, 2.75) is 53.1 Å². The van der Waals surface area contributed by atoms with E-state index in [0.717, 1.165) is 44.6 Å². The number of carbonyl (C=O) groups is 2. The summed E-state index contributed by atoms with van der Waals surface area (Å²) in [6, 6.07) is 12.2. The molecule has 7 nitrogen and oxygen atoms in total. The van der Waals surface area contributed by atoms with E-state index in [0.29, 0.717) is 12.2 Å². The normalized spacial score (nSPS) is 12.2. The zero-order valence-electron chi connectivity index (χ0n) is 20.5. The van der Waals surface area contributed by atoms with Crippen LogP contribution in [0.2, 0.25) is 0 Å². The van der Waals surface area contributed by atoms with Crippen molar-refractivity contribution >= 4 is 43.5 Å². The topological polar surface area (TPSA) is 86.8 Å². The molecule has 0 unspecified atom stereocenters. The van der Waals surface area contributed by atoms with Gasteiger partial charge in [0.25, 0.3) is 0 Å². The second-order valence-electron chi connectivity index (χ2n) is 8.48. The van der Waals surface area contributed by atoms with Crippen molar-refractivity contribution in [3.63, 3.8) is 0 Å². The number of para-hydroxylation sites is 1. The number of unbranched alkanes of at least 4 members (excludes halogenated alkanes) is 1. The monoisotopic (exact) mass is 551 g/mol. The van der Waals surface area contributed by atoms with Gasteiger partial charge in [-0.2, -0.15) is 0 Å². The van der Waals surface area contributed by atoms with Crippen LogP contribution in [0.3, 0.4) is 0 Å². The molecule has 1 atom stereocenters. The van der Waals surface area contributed by atoms with Gasteiger partial charge >= 0.3 is 0 Å². The molecular weight excluding hydrogens is 518 g/mol. The number of anilines is 1. The standard InChI is InChI=1S/C25H34BrN3O4S/c1-6-7-14-27-25(31)20(4)28(16-21-12-9-13-22(26)15-21)23(30)17-29(34(5,32)33)24-18(2)10-8-11-19(24)3/h8-13,15,20H,6-7,14,16-17H2,1-5H3,(H,27,31)/t20-/m0/s1. The minimum atomic E-state index is -3.76. The minimum Gasteiger partial charge on any atom is -0.354 e. The highest BCUT2D eigenvalue weighted by Gasteiger charge is 2.31. The molecule has 2 aromatic rings. The van der Waals surface area contributed by atoms with E-state index in [4.69, 9.17) is 0 Å². The summed E-state index contributed by atoms with van der Waals surface area (Å²) >= 11 is 3.44. The smallest absolute Gasteiger partial charge is 0.244 e. The Morgan fingerprint density at radius 2 is 1.71 bits per heavy atom. The molecule has 186 valence electrons. The fourth-order valence-corrected chi connectivity index (χ4v) is 5.14. The number of carbonyl (C=O) groups excluding carboxylic acids is 2. The summed E-state index contributed by atoms with van der Waals surface area (Å²) in [7, 11) is -3.76. The van der Waals surface area contributed by atoms with Crippen LogP contribution >= 0.6 is 15.9 Å². The number of hydrogen-bond acceptors (Lipinski definition) is 4. The van der Waals surface area contributed by atoms with Crippen molar-refractivity contribution in [1.82, 2.24) is 10.2 Å². The highest BCUT2D eigenvalue weighted by molar-refractivity contribution is 9.10. The predicted octanol–water partition coefficient (Wildman–Crippen LogP) is 4.17. The maximum atomic E-state index is 13.6. The van der Waals surface area contributed by atoms with Crippen LogP contribution < -0.4 is 9.62 Å². The summed E-state index contributed by atoms with van der Waals surface area (Å²) in [5.74, 6) is -0.721. The summed E-state index contributed by atoms with van der Waals surface area (Å²) in [5, 5.41) is 2.88. The van der Waals surface area contributed by atoms with Gasteiger partial charge in [-0.1, -0.05) is 59.6 Å². The summed E-state index contributed by atoms with van der Waals surface area (Å²) in [5.41, 5.74) is 2.82. The quantitative estimate of drug-likeness (QED) is 0.424. The number of benzene rings is 2. The Balaban J connectivity index is 2.41. The van der Waals surface area contributed by atoms with E-state index in [2.05, 4.69) is 21.2 Å². The molecule has 0 radical (unpaired) electrons. The van der Waals surface area contributed by atoms with Crippen LogP contribution in [0.4, 0.5) is 5.69 Å². The Hall–Kier alpha value is -2.39. The maximum Gasteiger partial charge on any atom is 0.244 e. The fourth-order valence-electron chi connectivity index (χ4n) is 3.73. The lowest BCUT2D eigenvalue weighted by molar-refractivity contribution is -0.139. The van der Waals surface area contributed by atoms with Gasteiger partial charge in [0.1, 0.15) is 12.6 Å². The van der Waals surface area contributed by atoms with Crippen LogP contribution in [0.15, 0.2) is 46.9 Å². The van der Waals surface area contributed by atoms with E-state index in [1.54, 1.807) is 6.92 Å². The van der Waals surface area contributed by atoms with Crippen molar-refractivity contribution in [2.24, 2.45) is 0 Å². The fraction of sp³-hybridized carbons (Fsp3) is 0.440. The molecule has 0 aliphatic heterocycles. The lowest BCUT2D eigenvalue weighted by Gasteiger charge is -2.32. The molecular formula is C25H34BrN3O4S. The first kappa shape index (κ1) is 27.9. The van der Waals surface area contributed by atoms with Gasteiger partial charge in [-0.05, 0) is 56.0 Å². The number of halogens is 1. The molecule has 2 rings (SSSR count). The lowest BCUT2D eigenvalue weighted by Crippen LogP contribution is -2.51. The van der Waals surface area contributed by atoms with Gasteiger partial charge in [0.05, 0.1) is 11.9 Å². The third-order valence-corrected chi connectivity index (χ3v) is 7.21. The summed E-state index contributed by atoms with van der Waals surface area (Å²) < 4.78 is 27.5. The SMILES string of the molecule is CCCCNC(=O)[C@H](C)N(Cc1cccc(Br)c1)C(=O)CN(c1c(C)cccc1C)S(C)(=O)=O. The lowest BCUT2D eigenvalue weighted by atomic mass is 10.1. The zero-order chi connectivity index (χ0) is 25.5. The molecule has 0 bridgehead atoms. The van der Waals surface area contributed by atoms with Crippen LogP contribution in [-0.4, -0.2) is 50.5 Å². The Morgan fingerprint density at radius 3 is 2.26 bits per heavy atom. The van der Waals surface area contributed by atoms with Crippen LogP contribution in [0, 0.1) is 13.8 Å². The predicted molar refractivity (Wildman–Crippen MR) is 140 cm³/mol. The van der Waals surface area contributed by atoms with Crippen LogP contribution in [0.1, 0.15) is 43.4 Å². The molecule has 34 heavy (non-hydrogen) atoms. The molecule has 0 saturated heterocycles. The van der Waals surface area contributed by atoms with E-state index in [9.17, 15) is 18.0 Å². The molecule has 1 N–H and O–H groups in total. The molecule has 0 spiro atoms. The Kier molecular flexibility index (Phi) is 10.1. The highest BCUT2D eigenvalue weighted by Crippen LogP contribution is 2.27. The van der Waals surface area contributed by atoms with Gasteiger partial charge in [-0.15, -0.1) is 0 Å². The average molecular weight is 553 g/mol. The van der Waals surface area contributed by atoms with E-state index >= 15 is 0 Å². The zero-order valence-corrected chi connectivity index (χ0v) is 22.9. The summed E-state index contributed by atoms with van der Waals surface area (Å²) in [6.45, 7) is 7.63. The Bertz CT molecular complexity index is 1100. The number of rotatable bonds is 11. The molecule has 2 aromatic carbocycles. The molecule has 0 fully saturated rings. The van der Waals surface area contributed by atoms with Gasteiger partial charge < -0.3 is 10.2 Å². The van der Waals surface area contributed by atoms with E-state index in [1.807, 2.05) is 63.2 Å². The molecule has 0 aliphatic carbocycles. The first-order chi connectivity index (χ1) is 16.0. The molecule has 2 amide bonds.